The molecule has 2 heteroatoms. The summed E-state index contributed by atoms with van der Waals surface area (Å²) >= 11 is 0. The van der Waals surface area contributed by atoms with Crippen LogP contribution in [0, 0.1) is 5.41 Å². The molecule has 0 radical (unpaired) electrons. The van der Waals surface area contributed by atoms with Gasteiger partial charge in [0.1, 0.15) is 0 Å². The van der Waals surface area contributed by atoms with Crippen LogP contribution in [-0.4, -0.2) is 37.6 Å². The average molecular weight is 252 g/mol. The zero-order chi connectivity index (χ0) is 12.7. The zero-order valence-electron chi connectivity index (χ0n) is 12.3. The molecule has 1 N–H and O–H groups in total. The molecule has 1 saturated carbocycles. The summed E-state index contributed by atoms with van der Waals surface area (Å²) in [6.07, 6.45) is 13.1. The monoisotopic (exact) mass is 252 g/mol. The number of hydrogen-bond donors (Lipinski definition) is 1. The molecule has 0 aromatic heterocycles. The summed E-state index contributed by atoms with van der Waals surface area (Å²) < 4.78 is 0. The second-order valence-corrected chi connectivity index (χ2v) is 6.51. The van der Waals surface area contributed by atoms with Gasteiger partial charge in [-0.15, -0.1) is 0 Å². The third kappa shape index (κ3) is 4.24. The molecule has 1 heterocycles. The predicted molar refractivity (Wildman–Crippen MR) is 79.0 cm³/mol. The molecule has 2 nitrogen and oxygen atoms in total. The zero-order valence-corrected chi connectivity index (χ0v) is 12.3. The maximum absolute atomic E-state index is 3.56. The minimum absolute atomic E-state index is 0.768. The first kappa shape index (κ1) is 14.3. The third-order valence-corrected chi connectivity index (χ3v) is 5.14. The molecule has 106 valence electrons. The number of hydrogen-bond acceptors (Lipinski definition) is 2. The Morgan fingerprint density at radius 2 is 1.67 bits per heavy atom. The molecule has 0 amide bonds. The van der Waals surface area contributed by atoms with Crippen LogP contribution in [0.4, 0.5) is 0 Å². The molecule has 1 saturated heterocycles. The van der Waals surface area contributed by atoms with Gasteiger partial charge in [0.15, 0.2) is 0 Å². The Hall–Kier alpha value is -0.0800. The van der Waals surface area contributed by atoms with Crippen LogP contribution >= 0.6 is 0 Å². The van der Waals surface area contributed by atoms with Crippen LogP contribution in [0.2, 0.25) is 0 Å². The molecule has 2 aliphatic rings. The summed E-state index contributed by atoms with van der Waals surface area (Å²) in [4.78, 5) is 2.68. The summed E-state index contributed by atoms with van der Waals surface area (Å²) in [5.74, 6) is 0. The van der Waals surface area contributed by atoms with Crippen LogP contribution in [0.3, 0.4) is 0 Å². The first-order valence-corrected chi connectivity index (χ1v) is 8.28. The standard InChI is InChI=1S/C16H32N2/c1-2-3-11-17-12-15-18-13-9-16(10-14-18)7-5-4-6-8-16/h17H,2-15H2,1H3. The third-order valence-electron chi connectivity index (χ3n) is 5.14. The fourth-order valence-electron chi connectivity index (χ4n) is 3.72. The van der Waals surface area contributed by atoms with Crippen LogP contribution in [0.15, 0.2) is 0 Å². The lowest BCUT2D eigenvalue weighted by molar-refractivity contribution is 0.0684. The SMILES string of the molecule is CCCCNCCN1CCC2(CCCCC2)CC1. The van der Waals surface area contributed by atoms with Crippen molar-refractivity contribution >= 4 is 0 Å². The van der Waals surface area contributed by atoms with Gasteiger partial charge in [-0.3, -0.25) is 0 Å². The van der Waals surface area contributed by atoms with Gasteiger partial charge in [0.2, 0.25) is 0 Å². The lowest BCUT2D eigenvalue weighted by atomic mass is 9.68. The molecule has 0 unspecified atom stereocenters. The van der Waals surface area contributed by atoms with Gasteiger partial charge < -0.3 is 10.2 Å². The van der Waals surface area contributed by atoms with Crippen LogP contribution < -0.4 is 5.32 Å². The predicted octanol–water partition coefficient (Wildman–Crippen LogP) is 3.42. The molecular formula is C16H32N2. The fourth-order valence-corrected chi connectivity index (χ4v) is 3.72. The van der Waals surface area contributed by atoms with E-state index in [1.165, 1.54) is 90.5 Å². The highest BCUT2D eigenvalue weighted by Gasteiger charge is 2.35. The molecular weight excluding hydrogens is 220 g/mol. The highest BCUT2D eigenvalue weighted by Crippen LogP contribution is 2.44. The lowest BCUT2D eigenvalue weighted by Crippen LogP contribution is -2.43. The molecule has 18 heavy (non-hydrogen) atoms. The number of nitrogens with one attached hydrogen (secondary N) is 1. The largest absolute Gasteiger partial charge is 0.315 e. The second kappa shape index (κ2) is 7.49. The van der Waals surface area contributed by atoms with E-state index in [0.29, 0.717) is 0 Å². The molecule has 1 aliphatic heterocycles. The van der Waals surface area contributed by atoms with Crippen molar-refractivity contribution in [2.24, 2.45) is 5.41 Å². The van der Waals surface area contributed by atoms with Crippen molar-refractivity contribution in [3.8, 4) is 0 Å². The molecule has 0 aromatic rings. The highest BCUT2D eigenvalue weighted by atomic mass is 15.1. The van der Waals surface area contributed by atoms with Crippen molar-refractivity contribution in [1.82, 2.24) is 10.2 Å². The Balaban J connectivity index is 1.58. The minimum Gasteiger partial charge on any atom is -0.315 e. The van der Waals surface area contributed by atoms with Gasteiger partial charge in [0.25, 0.3) is 0 Å². The summed E-state index contributed by atoms with van der Waals surface area (Å²) in [5, 5.41) is 3.56. The normalized spacial score (nSPS) is 24.5. The topological polar surface area (TPSA) is 15.3 Å². The van der Waals surface area contributed by atoms with Gasteiger partial charge >= 0.3 is 0 Å². The number of likely N-dealkylation sites (tertiary alicyclic amines) is 1. The van der Waals surface area contributed by atoms with E-state index < -0.39 is 0 Å². The number of rotatable bonds is 6. The van der Waals surface area contributed by atoms with Crippen LogP contribution in [0.1, 0.15) is 64.7 Å². The van der Waals surface area contributed by atoms with Gasteiger partial charge in [0.05, 0.1) is 0 Å². The smallest absolute Gasteiger partial charge is 0.0107 e. The first-order chi connectivity index (χ1) is 8.85. The van der Waals surface area contributed by atoms with Crippen molar-refractivity contribution in [3.05, 3.63) is 0 Å². The maximum atomic E-state index is 3.56. The second-order valence-electron chi connectivity index (χ2n) is 6.51. The van der Waals surface area contributed by atoms with E-state index in [0.717, 1.165) is 5.41 Å². The number of unbranched alkanes of at least 4 members (excludes halogenated alkanes) is 1. The Bertz CT molecular complexity index is 211. The van der Waals surface area contributed by atoms with Gasteiger partial charge in [-0.25, -0.2) is 0 Å². The van der Waals surface area contributed by atoms with Crippen molar-refractivity contribution in [2.75, 3.05) is 32.7 Å². The molecule has 0 bridgehead atoms. The van der Waals surface area contributed by atoms with E-state index in [1.54, 1.807) is 0 Å². The molecule has 2 rings (SSSR count). The first-order valence-electron chi connectivity index (χ1n) is 8.28. The van der Waals surface area contributed by atoms with Crippen LogP contribution in [0.5, 0.6) is 0 Å². The van der Waals surface area contributed by atoms with Gasteiger partial charge in [-0.05, 0) is 57.2 Å². The van der Waals surface area contributed by atoms with Crippen LogP contribution in [-0.2, 0) is 0 Å². The Kier molecular flexibility index (Phi) is 5.97. The van der Waals surface area contributed by atoms with Gasteiger partial charge in [-0.2, -0.15) is 0 Å². The fraction of sp³-hybridized carbons (Fsp3) is 1.00. The number of piperidine rings is 1. The van der Waals surface area contributed by atoms with Crippen molar-refractivity contribution in [2.45, 2.75) is 64.7 Å². The van der Waals surface area contributed by atoms with Crippen molar-refractivity contribution < 1.29 is 0 Å². The summed E-state index contributed by atoms with van der Waals surface area (Å²) in [6.45, 7) is 8.63. The lowest BCUT2D eigenvalue weighted by Gasteiger charge is -2.44. The Morgan fingerprint density at radius 1 is 0.944 bits per heavy atom. The van der Waals surface area contributed by atoms with E-state index in [-0.39, 0.29) is 0 Å². The maximum Gasteiger partial charge on any atom is 0.0107 e. The van der Waals surface area contributed by atoms with E-state index in [1.807, 2.05) is 0 Å². The molecule has 1 spiro atoms. The van der Waals surface area contributed by atoms with Crippen molar-refractivity contribution in [3.63, 3.8) is 0 Å². The van der Waals surface area contributed by atoms with Gasteiger partial charge in [-0.1, -0.05) is 32.6 Å². The van der Waals surface area contributed by atoms with Crippen molar-refractivity contribution in [1.29, 1.82) is 0 Å². The summed E-state index contributed by atoms with van der Waals surface area (Å²) in [5.41, 5.74) is 0.768. The summed E-state index contributed by atoms with van der Waals surface area (Å²) in [7, 11) is 0. The van der Waals surface area contributed by atoms with E-state index >= 15 is 0 Å². The summed E-state index contributed by atoms with van der Waals surface area (Å²) in [6, 6.07) is 0. The van der Waals surface area contributed by atoms with E-state index in [9.17, 15) is 0 Å². The number of nitrogens with zero attached hydrogens (tertiary/aromatic N) is 1. The minimum atomic E-state index is 0.768. The molecule has 0 atom stereocenters. The highest BCUT2D eigenvalue weighted by molar-refractivity contribution is 4.88. The van der Waals surface area contributed by atoms with E-state index in [2.05, 4.69) is 17.1 Å². The Morgan fingerprint density at radius 3 is 2.33 bits per heavy atom. The van der Waals surface area contributed by atoms with Crippen LogP contribution in [0.25, 0.3) is 0 Å². The molecule has 1 aliphatic carbocycles. The quantitative estimate of drug-likeness (QED) is 0.729. The molecule has 2 fully saturated rings. The average Bonchev–Trinajstić information content (AvgIpc) is 2.42. The molecule has 0 aromatic carbocycles. The van der Waals surface area contributed by atoms with E-state index in [4.69, 9.17) is 0 Å². The van der Waals surface area contributed by atoms with Gasteiger partial charge in [0, 0.05) is 13.1 Å². The Labute approximate surface area is 114 Å².